The number of anilines is 3. The maximum atomic E-state index is 6.54. The van der Waals surface area contributed by atoms with E-state index >= 15 is 0 Å². The molecule has 67 heavy (non-hydrogen) atoms. The van der Waals surface area contributed by atoms with E-state index in [2.05, 4.69) is 252 Å². The van der Waals surface area contributed by atoms with E-state index in [1.807, 2.05) is 12.1 Å². The molecule has 13 rings (SSSR count). The Bertz CT molecular complexity index is 3930. The Labute approximate surface area is 388 Å². The van der Waals surface area contributed by atoms with Crippen LogP contribution in [0.3, 0.4) is 0 Å². The number of benzene rings is 11. The van der Waals surface area contributed by atoms with Crippen LogP contribution in [0.2, 0.25) is 0 Å². The fourth-order valence-corrected chi connectivity index (χ4v) is 10.2. The van der Waals surface area contributed by atoms with Gasteiger partial charge in [-0.2, -0.15) is 0 Å². The molecule has 13 aromatic rings. The summed E-state index contributed by atoms with van der Waals surface area (Å²) in [5.74, 6) is 0. The van der Waals surface area contributed by atoms with Gasteiger partial charge in [0.15, 0.2) is 0 Å². The van der Waals surface area contributed by atoms with Gasteiger partial charge in [0.1, 0.15) is 11.2 Å². The lowest BCUT2D eigenvalue weighted by atomic mass is 9.93. The first-order chi connectivity index (χ1) is 33.2. The second-order valence-corrected chi connectivity index (χ2v) is 17.3. The SMILES string of the molecule is c1cc(-c2cccc3c2oc2ccccc23)cc(N(c2ccc(-c3ccc4ccccc4c3)cc2)c2ccc(-c3ccccc3-c3ccccc3-n3c4ccccc4c4ccccc43)cc2)c1. The van der Waals surface area contributed by atoms with Crippen molar-refractivity contribution < 1.29 is 4.42 Å². The van der Waals surface area contributed by atoms with E-state index in [4.69, 9.17) is 4.42 Å². The van der Waals surface area contributed by atoms with Crippen LogP contribution >= 0.6 is 0 Å². The van der Waals surface area contributed by atoms with E-state index < -0.39 is 0 Å². The summed E-state index contributed by atoms with van der Waals surface area (Å²) in [5, 5.41) is 7.22. The van der Waals surface area contributed by atoms with Crippen molar-refractivity contribution in [2.45, 2.75) is 0 Å². The Morgan fingerprint density at radius 3 is 1.61 bits per heavy atom. The molecule has 0 aliphatic rings. The van der Waals surface area contributed by atoms with Crippen molar-refractivity contribution in [2.75, 3.05) is 4.90 Å². The number of rotatable bonds is 8. The molecular formula is C64H42N2O. The predicted octanol–water partition coefficient (Wildman–Crippen LogP) is 18.0. The zero-order valence-electron chi connectivity index (χ0n) is 36.6. The highest BCUT2D eigenvalue weighted by Crippen LogP contribution is 2.43. The molecule has 0 N–H and O–H groups in total. The molecule has 0 fully saturated rings. The van der Waals surface area contributed by atoms with Crippen molar-refractivity contribution in [3.8, 4) is 50.2 Å². The second-order valence-electron chi connectivity index (χ2n) is 17.3. The summed E-state index contributed by atoms with van der Waals surface area (Å²) in [6, 6.07) is 91.9. The largest absolute Gasteiger partial charge is 0.455 e. The number of para-hydroxylation sites is 5. The Morgan fingerprint density at radius 2 is 0.851 bits per heavy atom. The highest BCUT2D eigenvalue weighted by molar-refractivity contribution is 6.11. The van der Waals surface area contributed by atoms with Crippen LogP contribution in [0.5, 0.6) is 0 Å². The first-order valence-corrected chi connectivity index (χ1v) is 22.9. The lowest BCUT2D eigenvalue weighted by Gasteiger charge is -2.26. The Morgan fingerprint density at radius 1 is 0.299 bits per heavy atom. The number of nitrogens with zero attached hydrogens (tertiary/aromatic N) is 2. The smallest absolute Gasteiger partial charge is 0.143 e. The van der Waals surface area contributed by atoms with Crippen molar-refractivity contribution in [1.82, 2.24) is 4.57 Å². The van der Waals surface area contributed by atoms with Gasteiger partial charge in [0.05, 0.1) is 16.7 Å². The molecule has 0 saturated heterocycles. The highest BCUT2D eigenvalue weighted by atomic mass is 16.3. The molecule has 0 saturated carbocycles. The highest BCUT2D eigenvalue weighted by Gasteiger charge is 2.20. The minimum absolute atomic E-state index is 0.895. The van der Waals surface area contributed by atoms with Crippen LogP contribution in [0, 0.1) is 0 Å². The lowest BCUT2D eigenvalue weighted by Crippen LogP contribution is -2.10. The topological polar surface area (TPSA) is 21.3 Å². The van der Waals surface area contributed by atoms with E-state index in [1.165, 1.54) is 60.4 Å². The van der Waals surface area contributed by atoms with Gasteiger partial charge in [0.2, 0.25) is 0 Å². The Kier molecular flexibility index (Phi) is 9.17. The molecule has 2 aromatic heterocycles. The molecule has 2 heterocycles. The average Bonchev–Trinajstić information content (AvgIpc) is 3.95. The summed E-state index contributed by atoms with van der Waals surface area (Å²) in [6.07, 6.45) is 0. The van der Waals surface area contributed by atoms with Gasteiger partial charge in [-0.3, -0.25) is 0 Å². The fourth-order valence-electron chi connectivity index (χ4n) is 10.2. The Balaban J connectivity index is 0.921. The molecule has 0 aliphatic heterocycles. The van der Waals surface area contributed by atoms with Gasteiger partial charge in [-0.1, -0.05) is 188 Å². The molecule has 0 aliphatic carbocycles. The average molecular weight is 855 g/mol. The molecule has 314 valence electrons. The predicted molar refractivity (Wildman–Crippen MR) is 282 cm³/mol. The fraction of sp³-hybridized carbons (Fsp3) is 0. The molecule has 0 radical (unpaired) electrons. The quantitative estimate of drug-likeness (QED) is 0.152. The maximum absolute atomic E-state index is 6.54. The van der Waals surface area contributed by atoms with E-state index in [0.717, 1.165) is 61.4 Å². The van der Waals surface area contributed by atoms with Gasteiger partial charge in [0.25, 0.3) is 0 Å². The van der Waals surface area contributed by atoms with Crippen LogP contribution in [0.1, 0.15) is 0 Å². The van der Waals surface area contributed by atoms with Crippen LogP contribution in [-0.4, -0.2) is 4.57 Å². The molecule has 3 nitrogen and oxygen atoms in total. The van der Waals surface area contributed by atoms with Crippen LogP contribution in [0.4, 0.5) is 17.1 Å². The molecule has 3 heteroatoms. The standard InChI is InChI=1S/C64H42N2O/c1-2-16-46-41-47(32-31-43(46)15-1)44-33-37-49(38-34-44)65(51-18-13-17-48(42-51)53-25-14-26-59-58-24-8-12-30-63(58)67-64(53)59)50-39-35-45(36-40-50)52-19-3-4-20-54(52)55-21-5-9-27-60(55)66-61-28-10-6-22-56(61)57-23-7-11-29-62(57)66/h1-42H. The number of aromatic nitrogens is 1. The van der Waals surface area contributed by atoms with E-state index in [0.29, 0.717) is 0 Å². The summed E-state index contributed by atoms with van der Waals surface area (Å²) >= 11 is 0. The zero-order valence-corrected chi connectivity index (χ0v) is 36.6. The van der Waals surface area contributed by atoms with E-state index in [-0.39, 0.29) is 0 Å². The van der Waals surface area contributed by atoms with Gasteiger partial charge in [0, 0.05) is 49.7 Å². The number of furan rings is 1. The van der Waals surface area contributed by atoms with Crippen molar-refractivity contribution in [3.63, 3.8) is 0 Å². The van der Waals surface area contributed by atoms with Crippen LogP contribution in [0.15, 0.2) is 259 Å². The van der Waals surface area contributed by atoms with Gasteiger partial charge in [-0.05, 0) is 111 Å². The molecular weight excluding hydrogens is 813 g/mol. The zero-order chi connectivity index (χ0) is 44.3. The monoisotopic (exact) mass is 854 g/mol. The maximum Gasteiger partial charge on any atom is 0.143 e. The lowest BCUT2D eigenvalue weighted by molar-refractivity contribution is 0.670. The Hall–Kier alpha value is -8.92. The third-order valence-electron chi connectivity index (χ3n) is 13.4. The molecule has 0 unspecified atom stereocenters. The van der Waals surface area contributed by atoms with Gasteiger partial charge in [-0.15, -0.1) is 0 Å². The van der Waals surface area contributed by atoms with Crippen molar-refractivity contribution in [2.24, 2.45) is 0 Å². The first-order valence-electron chi connectivity index (χ1n) is 22.9. The third kappa shape index (κ3) is 6.59. The molecule has 0 amide bonds. The van der Waals surface area contributed by atoms with E-state index in [9.17, 15) is 0 Å². The van der Waals surface area contributed by atoms with Crippen molar-refractivity contribution in [3.05, 3.63) is 255 Å². The summed E-state index contributed by atoms with van der Waals surface area (Å²) in [4.78, 5) is 2.36. The molecule has 11 aromatic carbocycles. The number of hydrogen-bond acceptors (Lipinski definition) is 2. The van der Waals surface area contributed by atoms with Crippen molar-refractivity contribution >= 4 is 71.6 Å². The third-order valence-corrected chi connectivity index (χ3v) is 13.4. The molecule has 0 atom stereocenters. The normalized spacial score (nSPS) is 11.6. The molecule has 0 spiro atoms. The van der Waals surface area contributed by atoms with Gasteiger partial charge >= 0.3 is 0 Å². The minimum Gasteiger partial charge on any atom is -0.455 e. The number of fused-ring (bicyclic) bond motifs is 7. The van der Waals surface area contributed by atoms with Crippen LogP contribution < -0.4 is 4.90 Å². The summed E-state index contributed by atoms with van der Waals surface area (Å²) < 4.78 is 8.96. The number of hydrogen-bond donors (Lipinski definition) is 0. The van der Waals surface area contributed by atoms with Crippen molar-refractivity contribution in [1.29, 1.82) is 0 Å². The van der Waals surface area contributed by atoms with Gasteiger partial charge in [-0.25, -0.2) is 0 Å². The van der Waals surface area contributed by atoms with Crippen LogP contribution in [-0.2, 0) is 0 Å². The van der Waals surface area contributed by atoms with Crippen LogP contribution in [0.25, 0.3) is 105 Å². The first kappa shape index (κ1) is 38.5. The second kappa shape index (κ2) is 16.0. The van der Waals surface area contributed by atoms with E-state index in [1.54, 1.807) is 0 Å². The molecule has 0 bridgehead atoms. The summed E-state index contributed by atoms with van der Waals surface area (Å²) in [5.41, 5.74) is 17.7. The summed E-state index contributed by atoms with van der Waals surface area (Å²) in [7, 11) is 0. The summed E-state index contributed by atoms with van der Waals surface area (Å²) in [6.45, 7) is 0. The van der Waals surface area contributed by atoms with Gasteiger partial charge < -0.3 is 13.9 Å². The minimum atomic E-state index is 0.895.